The van der Waals surface area contributed by atoms with Gasteiger partial charge in [0.1, 0.15) is 0 Å². The second kappa shape index (κ2) is 6.03. The lowest BCUT2D eigenvalue weighted by atomic mass is 10.1. The first-order valence-corrected chi connectivity index (χ1v) is 6.09. The predicted molar refractivity (Wildman–Crippen MR) is 75.2 cm³/mol. The monoisotopic (exact) mass is 270 g/mol. The molecule has 2 aromatic rings. The zero-order valence-electron chi connectivity index (χ0n) is 10.1. The van der Waals surface area contributed by atoms with Gasteiger partial charge >= 0.3 is 0 Å². The van der Waals surface area contributed by atoms with Crippen molar-refractivity contribution in [2.45, 2.75) is 6.42 Å². The van der Waals surface area contributed by atoms with E-state index in [1.807, 2.05) is 6.07 Å². The summed E-state index contributed by atoms with van der Waals surface area (Å²) in [5.41, 5.74) is 1.98. The van der Waals surface area contributed by atoms with Crippen molar-refractivity contribution in [2.24, 2.45) is 0 Å². The van der Waals surface area contributed by atoms with Gasteiger partial charge in [-0.05, 0) is 35.9 Å². The van der Waals surface area contributed by atoms with Gasteiger partial charge in [-0.1, -0.05) is 29.8 Å². The van der Waals surface area contributed by atoms with Crippen LogP contribution in [-0.4, -0.2) is 5.91 Å². The Balaban J connectivity index is 2.16. The SMILES string of the molecule is N#CCc1cccc(C(=O)Nc2cccc(Cl)c2)c1. The largest absolute Gasteiger partial charge is 0.322 e. The molecule has 0 aromatic heterocycles. The topological polar surface area (TPSA) is 52.9 Å². The lowest BCUT2D eigenvalue weighted by Gasteiger charge is -2.06. The van der Waals surface area contributed by atoms with E-state index in [4.69, 9.17) is 16.9 Å². The Morgan fingerprint density at radius 2 is 2.00 bits per heavy atom. The molecular formula is C15H11ClN2O. The molecule has 0 bridgehead atoms. The minimum Gasteiger partial charge on any atom is -0.322 e. The van der Waals surface area contributed by atoms with E-state index in [1.165, 1.54) is 0 Å². The van der Waals surface area contributed by atoms with Gasteiger partial charge in [0.15, 0.2) is 0 Å². The summed E-state index contributed by atoms with van der Waals surface area (Å²) in [7, 11) is 0. The van der Waals surface area contributed by atoms with Gasteiger partial charge in [0.05, 0.1) is 12.5 Å². The lowest BCUT2D eigenvalue weighted by molar-refractivity contribution is 0.102. The van der Waals surface area contributed by atoms with E-state index < -0.39 is 0 Å². The van der Waals surface area contributed by atoms with E-state index in [-0.39, 0.29) is 12.3 Å². The third kappa shape index (κ3) is 3.57. The van der Waals surface area contributed by atoms with Crippen molar-refractivity contribution in [1.29, 1.82) is 5.26 Å². The molecule has 19 heavy (non-hydrogen) atoms. The van der Waals surface area contributed by atoms with Crippen LogP contribution >= 0.6 is 11.6 Å². The van der Waals surface area contributed by atoms with Gasteiger partial charge < -0.3 is 5.32 Å². The van der Waals surface area contributed by atoms with Gasteiger partial charge in [-0.25, -0.2) is 0 Å². The number of halogens is 1. The van der Waals surface area contributed by atoms with E-state index >= 15 is 0 Å². The Morgan fingerprint density at radius 3 is 2.74 bits per heavy atom. The summed E-state index contributed by atoms with van der Waals surface area (Å²) in [4.78, 5) is 12.0. The zero-order valence-corrected chi connectivity index (χ0v) is 10.8. The van der Waals surface area contributed by atoms with Crippen LogP contribution in [0.2, 0.25) is 5.02 Å². The number of carbonyl (C=O) groups excluding carboxylic acids is 1. The molecule has 0 radical (unpaired) electrons. The van der Waals surface area contributed by atoms with Crippen molar-refractivity contribution in [2.75, 3.05) is 5.32 Å². The molecule has 0 aliphatic heterocycles. The third-order valence-electron chi connectivity index (χ3n) is 2.55. The predicted octanol–water partition coefficient (Wildman–Crippen LogP) is 3.66. The van der Waals surface area contributed by atoms with Crippen LogP contribution in [0.3, 0.4) is 0 Å². The van der Waals surface area contributed by atoms with Crippen LogP contribution in [-0.2, 0) is 6.42 Å². The molecule has 0 aliphatic carbocycles. The molecule has 3 nitrogen and oxygen atoms in total. The summed E-state index contributed by atoms with van der Waals surface area (Å²) in [5, 5.41) is 12.0. The smallest absolute Gasteiger partial charge is 0.255 e. The van der Waals surface area contributed by atoms with Gasteiger partial charge in [0.25, 0.3) is 5.91 Å². The molecule has 0 unspecified atom stereocenters. The average molecular weight is 271 g/mol. The number of benzene rings is 2. The minimum atomic E-state index is -0.220. The van der Waals surface area contributed by atoms with Gasteiger partial charge in [-0.2, -0.15) is 5.26 Å². The van der Waals surface area contributed by atoms with Crippen LogP contribution in [0.4, 0.5) is 5.69 Å². The van der Waals surface area contributed by atoms with E-state index in [1.54, 1.807) is 42.5 Å². The summed E-state index contributed by atoms with van der Waals surface area (Å²) >= 11 is 5.85. The lowest BCUT2D eigenvalue weighted by Crippen LogP contribution is -2.12. The summed E-state index contributed by atoms with van der Waals surface area (Å²) < 4.78 is 0. The van der Waals surface area contributed by atoms with Gasteiger partial charge in [-0.15, -0.1) is 0 Å². The second-order valence-corrected chi connectivity index (χ2v) is 4.44. The molecular weight excluding hydrogens is 260 g/mol. The molecule has 0 spiro atoms. The van der Waals surface area contributed by atoms with Gasteiger partial charge in [0, 0.05) is 16.3 Å². The quantitative estimate of drug-likeness (QED) is 0.925. The molecule has 0 atom stereocenters. The second-order valence-electron chi connectivity index (χ2n) is 4.00. The van der Waals surface area contributed by atoms with E-state index in [2.05, 4.69) is 11.4 Å². The van der Waals surface area contributed by atoms with Crippen LogP contribution in [0.1, 0.15) is 15.9 Å². The maximum Gasteiger partial charge on any atom is 0.255 e. The van der Waals surface area contributed by atoms with Crippen molar-refractivity contribution in [1.82, 2.24) is 0 Å². The Morgan fingerprint density at radius 1 is 1.21 bits per heavy atom. The molecule has 0 saturated heterocycles. The molecule has 1 N–H and O–H groups in total. The first-order chi connectivity index (χ1) is 9.19. The van der Waals surface area contributed by atoms with Gasteiger partial charge in [-0.3, -0.25) is 4.79 Å². The van der Waals surface area contributed by atoms with E-state index in [9.17, 15) is 4.79 Å². The molecule has 94 valence electrons. The summed E-state index contributed by atoms with van der Waals surface area (Å²) in [6.07, 6.45) is 0.290. The summed E-state index contributed by atoms with van der Waals surface area (Å²) in [6, 6.07) is 16.0. The van der Waals surface area contributed by atoms with Crippen LogP contribution < -0.4 is 5.32 Å². The van der Waals surface area contributed by atoms with Crippen molar-refractivity contribution < 1.29 is 4.79 Å². The fourth-order valence-corrected chi connectivity index (χ4v) is 1.87. The number of nitrogens with one attached hydrogen (secondary N) is 1. The molecule has 0 saturated carbocycles. The molecule has 0 fully saturated rings. The van der Waals surface area contributed by atoms with Crippen LogP contribution in [0.15, 0.2) is 48.5 Å². The molecule has 0 heterocycles. The Kier molecular flexibility index (Phi) is 4.17. The number of carbonyl (C=O) groups is 1. The highest BCUT2D eigenvalue weighted by atomic mass is 35.5. The molecule has 2 rings (SSSR count). The zero-order chi connectivity index (χ0) is 13.7. The molecule has 0 aliphatic rings. The van der Waals surface area contributed by atoms with Crippen LogP contribution in [0.5, 0.6) is 0 Å². The fourth-order valence-electron chi connectivity index (χ4n) is 1.68. The van der Waals surface area contributed by atoms with Crippen molar-refractivity contribution in [3.05, 3.63) is 64.7 Å². The van der Waals surface area contributed by atoms with Gasteiger partial charge in [0.2, 0.25) is 0 Å². The Hall–Kier alpha value is -2.31. The highest BCUT2D eigenvalue weighted by molar-refractivity contribution is 6.30. The Bertz CT molecular complexity index is 647. The number of amides is 1. The van der Waals surface area contributed by atoms with Crippen molar-refractivity contribution in [3.8, 4) is 6.07 Å². The number of anilines is 1. The number of nitrogens with zero attached hydrogens (tertiary/aromatic N) is 1. The number of hydrogen-bond acceptors (Lipinski definition) is 2. The average Bonchev–Trinajstić information content (AvgIpc) is 2.39. The van der Waals surface area contributed by atoms with Crippen LogP contribution in [0, 0.1) is 11.3 Å². The normalized spacial score (nSPS) is 9.68. The van der Waals surface area contributed by atoms with Crippen molar-refractivity contribution >= 4 is 23.2 Å². The Labute approximate surface area is 116 Å². The van der Waals surface area contributed by atoms with E-state index in [0.29, 0.717) is 16.3 Å². The van der Waals surface area contributed by atoms with E-state index in [0.717, 1.165) is 5.56 Å². The maximum atomic E-state index is 12.0. The minimum absolute atomic E-state index is 0.220. The first-order valence-electron chi connectivity index (χ1n) is 5.72. The standard InChI is InChI=1S/C15H11ClN2O/c16-13-5-2-6-14(10-13)18-15(19)12-4-1-3-11(9-12)7-8-17/h1-6,9-10H,7H2,(H,18,19). The summed E-state index contributed by atoms with van der Waals surface area (Å²) in [5.74, 6) is -0.220. The number of hydrogen-bond donors (Lipinski definition) is 1. The maximum absolute atomic E-state index is 12.0. The highest BCUT2D eigenvalue weighted by Gasteiger charge is 2.06. The molecule has 2 aromatic carbocycles. The first kappa shape index (κ1) is 13.1. The number of rotatable bonds is 3. The molecule has 1 amide bonds. The summed E-state index contributed by atoms with van der Waals surface area (Å²) in [6.45, 7) is 0. The highest BCUT2D eigenvalue weighted by Crippen LogP contribution is 2.16. The third-order valence-corrected chi connectivity index (χ3v) is 2.79. The fraction of sp³-hybridized carbons (Fsp3) is 0.0667. The van der Waals surface area contributed by atoms with Crippen LogP contribution in [0.25, 0.3) is 0 Å². The van der Waals surface area contributed by atoms with Crippen molar-refractivity contribution in [3.63, 3.8) is 0 Å². The molecule has 4 heteroatoms. The number of nitriles is 1.